The Hall–Kier alpha value is -0.893. The molecule has 0 amide bonds. The van der Waals surface area contributed by atoms with Crippen LogP contribution in [0, 0.1) is 5.92 Å². The lowest BCUT2D eigenvalue weighted by molar-refractivity contribution is 0.0945. The molecular formula is C17H26OSi. The summed E-state index contributed by atoms with van der Waals surface area (Å²) in [5.74, 6) is 0.542. The third kappa shape index (κ3) is 2.55. The monoisotopic (exact) mass is 274 g/mol. The average Bonchev–Trinajstić information content (AvgIpc) is 2.54. The Morgan fingerprint density at radius 1 is 1.26 bits per heavy atom. The predicted molar refractivity (Wildman–Crippen MR) is 84.5 cm³/mol. The second-order valence-corrected chi connectivity index (χ2v) is 13.4. The summed E-state index contributed by atoms with van der Waals surface area (Å²) in [5.41, 5.74) is 3.63. The van der Waals surface area contributed by atoms with Crippen molar-refractivity contribution in [1.29, 1.82) is 0 Å². The number of Topliss-reactive ketones (excluding diaryl/α,β-unsaturated/α-hetero) is 1. The van der Waals surface area contributed by atoms with Gasteiger partial charge in [-0.2, -0.15) is 0 Å². The van der Waals surface area contributed by atoms with Crippen LogP contribution >= 0.6 is 0 Å². The zero-order chi connectivity index (χ0) is 14.4. The van der Waals surface area contributed by atoms with Gasteiger partial charge in [-0.3, -0.25) is 4.79 Å². The molecule has 104 valence electrons. The van der Waals surface area contributed by atoms with Crippen molar-refractivity contribution >= 4 is 13.9 Å². The van der Waals surface area contributed by atoms with Gasteiger partial charge in [0.1, 0.15) is 0 Å². The normalized spacial score (nSPS) is 19.7. The van der Waals surface area contributed by atoms with E-state index in [4.69, 9.17) is 0 Å². The highest BCUT2D eigenvalue weighted by Gasteiger charge is 2.37. The van der Waals surface area contributed by atoms with E-state index in [1.165, 1.54) is 11.1 Å². The van der Waals surface area contributed by atoms with Gasteiger partial charge in [-0.1, -0.05) is 59.0 Å². The van der Waals surface area contributed by atoms with Gasteiger partial charge >= 0.3 is 0 Å². The highest BCUT2D eigenvalue weighted by Crippen LogP contribution is 2.40. The second kappa shape index (κ2) is 4.59. The maximum Gasteiger partial charge on any atom is 0.166 e. The number of hydrogen-bond acceptors (Lipinski definition) is 1. The Kier molecular flexibility index (Phi) is 3.50. The summed E-state index contributed by atoms with van der Waals surface area (Å²) in [4.78, 5) is 12.4. The summed E-state index contributed by atoms with van der Waals surface area (Å²) < 4.78 is 0. The zero-order valence-electron chi connectivity index (χ0n) is 13.1. The molecule has 0 saturated heterocycles. The summed E-state index contributed by atoms with van der Waals surface area (Å²) in [6.45, 7) is 14.0. The van der Waals surface area contributed by atoms with E-state index in [0.29, 0.717) is 10.8 Å². The number of carbonyl (C=O) groups is 1. The summed E-state index contributed by atoms with van der Waals surface area (Å²) >= 11 is 0. The zero-order valence-corrected chi connectivity index (χ0v) is 14.1. The van der Waals surface area contributed by atoms with Crippen LogP contribution in [0.5, 0.6) is 0 Å². The first-order valence-electron chi connectivity index (χ1n) is 7.28. The first kappa shape index (κ1) is 14.5. The molecular weight excluding hydrogens is 248 g/mol. The molecule has 1 aliphatic carbocycles. The Labute approximate surface area is 118 Å². The molecule has 2 heteroatoms. The second-order valence-electron chi connectivity index (χ2n) is 7.73. The molecule has 0 aromatic heterocycles. The van der Waals surface area contributed by atoms with Crippen LogP contribution in [-0.2, 0) is 12.5 Å². The number of rotatable bonds is 2. The molecule has 0 fully saturated rings. The third-order valence-corrected chi connectivity index (χ3v) is 10.4. The molecule has 1 atom stereocenters. The fourth-order valence-electron chi connectivity index (χ4n) is 2.70. The van der Waals surface area contributed by atoms with E-state index < -0.39 is 8.07 Å². The minimum absolute atomic E-state index is 0.176. The smallest absolute Gasteiger partial charge is 0.166 e. The lowest BCUT2D eigenvalue weighted by atomic mass is 10.0. The highest BCUT2D eigenvalue weighted by molar-refractivity contribution is 6.79. The number of benzene rings is 1. The molecule has 1 nitrogen and oxygen atoms in total. The maximum absolute atomic E-state index is 12.4. The number of hydrogen-bond donors (Lipinski definition) is 0. The molecule has 1 aromatic carbocycles. The van der Waals surface area contributed by atoms with Crippen LogP contribution in [0.15, 0.2) is 18.2 Å². The molecule has 0 radical (unpaired) electrons. The van der Waals surface area contributed by atoms with Crippen LogP contribution in [0.25, 0.3) is 0 Å². The lowest BCUT2D eigenvalue weighted by Crippen LogP contribution is -2.40. The van der Waals surface area contributed by atoms with Gasteiger partial charge in [-0.15, -0.1) is 0 Å². The highest BCUT2D eigenvalue weighted by atomic mass is 28.3. The quantitative estimate of drug-likeness (QED) is 0.717. The van der Waals surface area contributed by atoms with Crippen LogP contribution in [0.2, 0.25) is 18.1 Å². The third-order valence-electron chi connectivity index (χ3n) is 5.12. The summed E-state index contributed by atoms with van der Waals surface area (Å²) in [6, 6.07) is 7.55. The lowest BCUT2D eigenvalue weighted by Gasteiger charge is -2.37. The standard InChI is InChI=1S/C17H26OSi/c1-12-10-13-8-7-9-14(15(13)16(12)18)11-19(5,6)17(2,3)4/h7-9,12H,10-11H2,1-6H3. The van der Waals surface area contributed by atoms with E-state index in [1.54, 1.807) is 0 Å². The molecule has 0 heterocycles. The van der Waals surface area contributed by atoms with Crippen molar-refractivity contribution < 1.29 is 4.79 Å². The Bertz CT molecular complexity index is 508. The molecule has 0 N–H and O–H groups in total. The number of fused-ring (bicyclic) bond motifs is 1. The maximum atomic E-state index is 12.4. The largest absolute Gasteiger partial charge is 0.294 e. The van der Waals surface area contributed by atoms with Crippen molar-refractivity contribution in [2.45, 2.75) is 58.3 Å². The van der Waals surface area contributed by atoms with Crippen LogP contribution in [0.4, 0.5) is 0 Å². The summed E-state index contributed by atoms with van der Waals surface area (Å²) in [6.07, 6.45) is 0.930. The van der Waals surface area contributed by atoms with E-state index in [0.717, 1.165) is 18.0 Å². The van der Waals surface area contributed by atoms with Crippen molar-refractivity contribution in [3.8, 4) is 0 Å². The van der Waals surface area contributed by atoms with Crippen LogP contribution in [0.1, 0.15) is 49.2 Å². The van der Waals surface area contributed by atoms with Gasteiger partial charge < -0.3 is 0 Å². The summed E-state index contributed by atoms with van der Waals surface area (Å²) in [7, 11) is -1.39. The van der Waals surface area contributed by atoms with Gasteiger partial charge in [-0.25, -0.2) is 0 Å². The Balaban J connectivity index is 2.40. The molecule has 19 heavy (non-hydrogen) atoms. The molecule has 0 aliphatic heterocycles. The van der Waals surface area contributed by atoms with Crippen molar-refractivity contribution in [3.05, 3.63) is 34.9 Å². The molecule has 1 aliphatic rings. The Morgan fingerprint density at radius 3 is 2.47 bits per heavy atom. The fourth-order valence-corrected chi connectivity index (χ4v) is 4.47. The van der Waals surface area contributed by atoms with Crippen LogP contribution in [-0.4, -0.2) is 13.9 Å². The first-order valence-corrected chi connectivity index (χ1v) is 10.5. The first-order chi connectivity index (χ1) is 8.63. The van der Waals surface area contributed by atoms with Crippen molar-refractivity contribution in [2.24, 2.45) is 5.92 Å². The van der Waals surface area contributed by atoms with Gasteiger partial charge in [-0.05, 0) is 28.6 Å². The van der Waals surface area contributed by atoms with Crippen molar-refractivity contribution in [1.82, 2.24) is 0 Å². The number of carbonyl (C=O) groups excluding carboxylic acids is 1. The van der Waals surface area contributed by atoms with E-state index >= 15 is 0 Å². The van der Waals surface area contributed by atoms with Crippen LogP contribution in [0.3, 0.4) is 0 Å². The SMILES string of the molecule is CC1Cc2cccc(C[Si](C)(C)C(C)(C)C)c2C1=O. The topological polar surface area (TPSA) is 17.1 Å². The van der Waals surface area contributed by atoms with E-state index in [9.17, 15) is 4.79 Å². The molecule has 2 rings (SSSR count). The fraction of sp³-hybridized carbons (Fsp3) is 0.588. The van der Waals surface area contributed by atoms with Gasteiger partial charge in [0.25, 0.3) is 0 Å². The van der Waals surface area contributed by atoms with Gasteiger partial charge in [0.05, 0.1) is 8.07 Å². The van der Waals surface area contributed by atoms with Gasteiger partial charge in [0.2, 0.25) is 0 Å². The molecule has 0 spiro atoms. The van der Waals surface area contributed by atoms with Crippen LogP contribution < -0.4 is 0 Å². The molecule has 1 aromatic rings. The van der Waals surface area contributed by atoms with Crippen molar-refractivity contribution in [2.75, 3.05) is 0 Å². The molecule has 1 unspecified atom stereocenters. The molecule has 0 bridgehead atoms. The van der Waals surface area contributed by atoms with E-state index in [1.807, 2.05) is 0 Å². The summed E-state index contributed by atoms with van der Waals surface area (Å²) in [5, 5.41) is 0.364. The van der Waals surface area contributed by atoms with E-state index in [2.05, 4.69) is 59.0 Å². The van der Waals surface area contributed by atoms with E-state index in [-0.39, 0.29) is 5.92 Å². The van der Waals surface area contributed by atoms with Gasteiger partial charge in [0.15, 0.2) is 5.78 Å². The minimum atomic E-state index is -1.39. The Morgan fingerprint density at radius 2 is 1.89 bits per heavy atom. The number of ketones is 1. The minimum Gasteiger partial charge on any atom is -0.294 e. The average molecular weight is 274 g/mol. The van der Waals surface area contributed by atoms with Gasteiger partial charge in [0, 0.05) is 11.5 Å². The predicted octanol–water partition coefficient (Wildman–Crippen LogP) is 4.65. The molecule has 0 saturated carbocycles. The van der Waals surface area contributed by atoms with Crippen molar-refractivity contribution in [3.63, 3.8) is 0 Å².